The summed E-state index contributed by atoms with van der Waals surface area (Å²) in [5.74, 6) is 0.768. The zero-order valence-corrected chi connectivity index (χ0v) is 8.35. The third kappa shape index (κ3) is 2.81. The molecule has 0 bridgehead atoms. The lowest BCUT2D eigenvalue weighted by atomic mass is 10.4. The monoisotopic (exact) mass is 193 g/mol. The Morgan fingerprint density at radius 1 is 1.50 bits per heavy atom. The fraction of sp³-hybridized carbons (Fsp3) is 0.400. The zero-order valence-electron chi connectivity index (χ0n) is 8.35. The molecule has 0 aliphatic rings. The molecule has 1 aromatic heterocycles. The van der Waals surface area contributed by atoms with Crippen LogP contribution in [0.25, 0.3) is 0 Å². The first-order chi connectivity index (χ1) is 6.77. The van der Waals surface area contributed by atoms with Crippen molar-refractivity contribution in [3.8, 4) is 0 Å². The maximum atomic E-state index is 8.86. The highest BCUT2D eigenvalue weighted by Gasteiger charge is 2.04. The quantitative estimate of drug-likeness (QED) is 0.702. The molecule has 0 aromatic carbocycles. The van der Waals surface area contributed by atoms with Crippen molar-refractivity contribution < 1.29 is 5.11 Å². The van der Waals surface area contributed by atoms with Crippen molar-refractivity contribution in [3.63, 3.8) is 0 Å². The van der Waals surface area contributed by atoms with Crippen molar-refractivity contribution in [3.05, 3.63) is 30.5 Å². The Morgan fingerprint density at radius 3 is 2.79 bits per heavy atom. The Balaban J connectivity index is 2.76. The SMILES string of the molecule is C=CCN(CCO)c1ccc(C)nn1. The van der Waals surface area contributed by atoms with Crippen molar-refractivity contribution >= 4 is 5.82 Å². The van der Waals surface area contributed by atoms with Gasteiger partial charge >= 0.3 is 0 Å². The van der Waals surface area contributed by atoms with E-state index in [0.29, 0.717) is 13.1 Å². The highest BCUT2D eigenvalue weighted by atomic mass is 16.3. The minimum atomic E-state index is 0.101. The predicted octanol–water partition coefficient (Wildman–Crippen LogP) is 0.770. The number of aryl methyl sites for hydroxylation is 1. The van der Waals surface area contributed by atoms with Crippen LogP contribution in [-0.4, -0.2) is 35.0 Å². The van der Waals surface area contributed by atoms with E-state index in [-0.39, 0.29) is 6.61 Å². The fourth-order valence-electron chi connectivity index (χ4n) is 1.14. The number of aliphatic hydroxyl groups excluding tert-OH is 1. The number of aromatic nitrogens is 2. The van der Waals surface area contributed by atoms with E-state index in [1.54, 1.807) is 6.08 Å². The third-order valence-electron chi connectivity index (χ3n) is 1.83. The second-order valence-corrected chi connectivity index (χ2v) is 2.99. The van der Waals surface area contributed by atoms with E-state index in [4.69, 9.17) is 5.11 Å². The van der Waals surface area contributed by atoms with E-state index in [1.165, 1.54) is 0 Å². The van der Waals surface area contributed by atoms with Gasteiger partial charge in [-0.3, -0.25) is 0 Å². The van der Waals surface area contributed by atoms with Crippen LogP contribution in [0.2, 0.25) is 0 Å². The molecule has 1 N–H and O–H groups in total. The predicted molar refractivity (Wildman–Crippen MR) is 56.3 cm³/mol. The van der Waals surface area contributed by atoms with E-state index in [0.717, 1.165) is 11.5 Å². The Bertz CT molecular complexity index is 284. The summed E-state index contributed by atoms with van der Waals surface area (Å²) in [6.45, 7) is 6.85. The smallest absolute Gasteiger partial charge is 0.151 e. The first-order valence-corrected chi connectivity index (χ1v) is 4.55. The summed E-state index contributed by atoms with van der Waals surface area (Å²) in [7, 11) is 0. The van der Waals surface area contributed by atoms with Gasteiger partial charge in [-0.1, -0.05) is 6.08 Å². The first kappa shape index (κ1) is 10.7. The molecule has 0 radical (unpaired) electrons. The molecule has 0 unspecified atom stereocenters. The molecule has 0 saturated carbocycles. The van der Waals surface area contributed by atoms with Crippen molar-refractivity contribution in [1.29, 1.82) is 0 Å². The first-order valence-electron chi connectivity index (χ1n) is 4.55. The standard InChI is InChI=1S/C10H15N3O/c1-3-6-13(7-8-14)10-5-4-9(2)11-12-10/h3-5,14H,1,6-8H2,2H3. The van der Waals surface area contributed by atoms with E-state index in [2.05, 4.69) is 16.8 Å². The van der Waals surface area contributed by atoms with Crippen LogP contribution >= 0.6 is 0 Å². The minimum absolute atomic E-state index is 0.101. The van der Waals surface area contributed by atoms with Crippen LogP contribution in [0.15, 0.2) is 24.8 Å². The number of aliphatic hydroxyl groups is 1. The van der Waals surface area contributed by atoms with Crippen molar-refractivity contribution in [2.75, 3.05) is 24.6 Å². The maximum absolute atomic E-state index is 8.86. The van der Waals surface area contributed by atoms with Gasteiger partial charge in [0.2, 0.25) is 0 Å². The Labute approximate surface area is 83.9 Å². The molecule has 0 aliphatic carbocycles. The molecule has 1 rings (SSSR count). The van der Waals surface area contributed by atoms with Crippen molar-refractivity contribution in [2.45, 2.75) is 6.92 Å². The van der Waals surface area contributed by atoms with Crippen LogP contribution in [0.1, 0.15) is 5.69 Å². The van der Waals surface area contributed by atoms with Gasteiger partial charge in [0.1, 0.15) is 0 Å². The summed E-state index contributed by atoms with van der Waals surface area (Å²) >= 11 is 0. The molecule has 14 heavy (non-hydrogen) atoms. The van der Waals surface area contributed by atoms with Crippen LogP contribution in [-0.2, 0) is 0 Å². The lowest BCUT2D eigenvalue weighted by Crippen LogP contribution is -2.27. The summed E-state index contributed by atoms with van der Waals surface area (Å²) < 4.78 is 0. The molecule has 0 saturated heterocycles. The molecule has 4 nitrogen and oxygen atoms in total. The van der Waals surface area contributed by atoms with Gasteiger partial charge in [-0.15, -0.1) is 11.7 Å². The molecule has 0 amide bonds. The van der Waals surface area contributed by atoms with Crippen LogP contribution in [0.3, 0.4) is 0 Å². The van der Waals surface area contributed by atoms with Gasteiger partial charge < -0.3 is 10.0 Å². The van der Waals surface area contributed by atoms with Gasteiger partial charge in [-0.2, -0.15) is 5.10 Å². The second kappa shape index (κ2) is 5.34. The topological polar surface area (TPSA) is 49.2 Å². The van der Waals surface area contributed by atoms with E-state index in [9.17, 15) is 0 Å². The Kier molecular flexibility index (Phi) is 4.07. The molecule has 0 atom stereocenters. The summed E-state index contributed by atoms with van der Waals surface area (Å²) in [5, 5.41) is 16.8. The summed E-state index contributed by atoms with van der Waals surface area (Å²) in [6, 6.07) is 3.79. The summed E-state index contributed by atoms with van der Waals surface area (Å²) in [6.07, 6.45) is 1.77. The van der Waals surface area contributed by atoms with E-state index >= 15 is 0 Å². The van der Waals surface area contributed by atoms with Crippen LogP contribution in [0.5, 0.6) is 0 Å². The molecular weight excluding hydrogens is 178 g/mol. The van der Waals surface area contributed by atoms with Gasteiger partial charge in [0, 0.05) is 13.1 Å². The molecule has 0 aliphatic heterocycles. The van der Waals surface area contributed by atoms with Crippen LogP contribution in [0.4, 0.5) is 5.82 Å². The van der Waals surface area contributed by atoms with E-state index < -0.39 is 0 Å². The molecule has 0 fully saturated rings. The molecule has 76 valence electrons. The second-order valence-electron chi connectivity index (χ2n) is 2.99. The van der Waals surface area contributed by atoms with Crippen LogP contribution < -0.4 is 4.90 Å². The largest absolute Gasteiger partial charge is 0.395 e. The van der Waals surface area contributed by atoms with Gasteiger partial charge in [0.25, 0.3) is 0 Å². The molecular formula is C10H15N3O. The number of rotatable bonds is 5. The molecule has 1 aromatic rings. The average Bonchev–Trinajstić information content (AvgIpc) is 2.19. The summed E-state index contributed by atoms with van der Waals surface area (Å²) in [4.78, 5) is 1.92. The normalized spacial score (nSPS) is 9.86. The lowest BCUT2D eigenvalue weighted by molar-refractivity contribution is 0.302. The third-order valence-corrected chi connectivity index (χ3v) is 1.83. The minimum Gasteiger partial charge on any atom is -0.395 e. The fourth-order valence-corrected chi connectivity index (χ4v) is 1.14. The highest BCUT2D eigenvalue weighted by molar-refractivity contribution is 5.37. The van der Waals surface area contributed by atoms with E-state index in [1.807, 2.05) is 24.0 Å². The van der Waals surface area contributed by atoms with Crippen molar-refractivity contribution in [1.82, 2.24) is 10.2 Å². The summed E-state index contributed by atoms with van der Waals surface area (Å²) in [5.41, 5.74) is 0.885. The van der Waals surface area contributed by atoms with Gasteiger partial charge in [-0.25, -0.2) is 0 Å². The number of anilines is 1. The number of nitrogens with zero attached hydrogens (tertiary/aromatic N) is 3. The zero-order chi connectivity index (χ0) is 10.4. The molecule has 4 heteroatoms. The maximum Gasteiger partial charge on any atom is 0.151 e. The molecule has 0 spiro atoms. The van der Waals surface area contributed by atoms with Gasteiger partial charge in [0.15, 0.2) is 5.82 Å². The lowest BCUT2D eigenvalue weighted by Gasteiger charge is -2.19. The number of hydrogen-bond acceptors (Lipinski definition) is 4. The van der Waals surface area contributed by atoms with Gasteiger partial charge in [0.05, 0.1) is 12.3 Å². The number of hydrogen-bond donors (Lipinski definition) is 1. The van der Waals surface area contributed by atoms with Crippen LogP contribution in [0, 0.1) is 6.92 Å². The van der Waals surface area contributed by atoms with Crippen molar-refractivity contribution in [2.24, 2.45) is 0 Å². The molecule has 1 heterocycles. The van der Waals surface area contributed by atoms with Gasteiger partial charge in [-0.05, 0) is 19.1 Å². The Morgan fingerprint density at radius 2 is 2.29 bits per heavy atom. The highest BCUT2D eigenvalue weighted by Crippen LogP contribution is 2.08. The Hall–Kier alpha value is -1.42. The average molecular weight is 193 g/mol.